The second-order valence-corrected chi connectivity index (χ2v) is 3.27. The van der Waals surface area contributed by atoms with Crippen molar-refractivity contribution in [1.82, 2.24) is 0 Å². The van der Waals surface area contributed by atoms with Gasteiger partial charge in [0.15, 0.2) is 0 Å². The molecular weight excluding hydrogens is 215 g/mol. The predicted octanol–water partition coefficient (Wildman–Crippen LogP) is 3.85. The maximum Gasteiger partial charge on any atom is 0.142 e. The number of halogens is 2. The second-order valence-electron chi connectivity index (χ2n) is 2.89. The summed E-state index contributed by atoms with van der Waals surface area (Å²) in [5.74, 6) is -1.18. The van der Waals surface area contributed by atoms with Gasteiger partial charge in [0, 0.05) is 11.1 Å². The molecule has 0 unspecified atom stereocenters. The van der Waals surface area contributed by atoms with E-state index in [4.69, 9.17) is 15.7 Å². The van der Waals surface area contributed by atoms with Crippen molar-refractivity contribution in [2.75, 3.05) is 0 Å². The summed E-state index contributed by atoms with van der Waals surface area (Å²) in [6.07, 6.45) is 0. The molecule has 3 heteroatoms. The summed E-state index contributed by atoms with van der Waals surface area (Å²) >= 11 is 5.70. The molecule has 0 aliphatic heterocycles. The van der Waals surface area contributed by atoms with Gasteiger partial charge in [-0.15, -0.1) is 0 Å². The van der Waals surface area contributed by atoms with Crippen LogP contribution in [0.3, 0.4) is 0 Å². The fraction of sp³-hybridized carbons (Fsp3) is 0. The largest absolute Gasteiger partial charge is 0.506 e. The molecule has 0 aliphatic carbocycles. The monoisotopic (exact) mass is 225 g/mol. The Kier molecular flexibility index (Phi) is 1.79. The Morgan fingerprint density at radius 2 is 1.93 bits per heavy atom. The quantitative estimate of drug-likeness (QED) is 0.782. The van der Waals surface area contributed by atoms with Gasteiger partial charge in [-0.3, -0.25) is 0 Å². The Morgan fingerprint density at radius 1 is 1.20 bits per heavy atom. The number of aromatic hydroxyl groups is 1. The van der Waals surface area contributed by atoms with Crippen molar-refractivity contribution < 1.29 is 13.6 Å². The van der Waals surface area contributed by atoms with Crippen LogP contribution in [-0.4, -0.2) is 5.11 Å². The Balaban J connectivity index is 2.85. The number of hydrogen-bond acceptors (Lipinski definition) is 1. The Labute approximate surface area is 96.0 Å². The lowest BCUT2D eigenvalue weighted by molar-refractivity contribution is 0.477. The third-order valence-electron chi connectivity index (χ3n) is 1.95. The molecule has 2 aromatic rings. The fourth-order valence-electron chi connectivity index (χ4n) is 1.24. The number of benzene rings is 2. The average Bonchev–Trinajstić information content (AvgIpc) is 2.36. The highest BCUT2D eigenvalue weighted by Crippen LogP contribution is 2.35. The number of para-hydroxylation sites is 1. The molecule has 0 amide bonds. The van der Waals surface area contributed by atoms with Gasteiger partial charge >= 0.3 is 0 Å². The first-order valence-electron chi connectivity index (χ1n) is 5.68. The summed E-state index contributed by atoms with van der Waals surface area (Å²) in [5.41, 5.74) is -0.186. The van der Waals surface area contributed by atoms with Crippen LogP contribution in [0.4, 0.5) is 4.39 Å². The Bertz CT molecular complexity index is 602. The summed E-state index contributed by atoms with van der Waals surface area (Å²) in [7, 11) is 0. The molecule has 76 valence electrons. The van der Waals surface area contributed by atoms with Gasteiger partial charge in [0.25, 0.3) is 0 Å². The first kappa shape index (κ1) is 6.85. The molecule has 1 nitrogen and oxygen atoms in total. The summed E-state index contributed by atoms with van der Waals surface area (Å²) in [6, 6.07) is 4.26. The Hall–Kier alpha value is -1.54. The molecule has 0 atom stereocenters. The highest BCUT2D eigenvalue weighted by Gasteiger charge is 2.10. The van der Waals surface area contributed by atoms with E-state index >= 15 is 0 Å². The van der Waals surface area contributed by atoms with Crippen LogP contribution in [0.15, 0.2) is 42.4 Å². The molecule has 0 heterocycles. The molecule has 0 aliphatic rings. The number of hydrogen-bond donors (Lipinski definition) is 1. The number of phenolic OH excluding ortho intramolecular Hbond substituents is 1. The molecule has 0 saturated heterocycles. The van der Waals surface area contributed by atoms with E-state index in [1.165, 1.54) is 18.2 Å². The minimum atomic E-state index is -0.630. The van der Waals surface area contributed by atoms with Crippen LogP contribution in [0.1, 0.15) is 4.11 Å². The molecule has 2 rings (SSSR count). The highest BCUT2D eigenvalue weighted by atomic mass is 35.5. The predicted molar refractivity (Wildman–Crippen MR) is 58.5 cm³/mol. The van der Waals surface area contributed by atoms with Crippen LogP contribution in [0.5, 0.6) is 5.75 Å². The van der Waals surface area contributed by atoms with Crippen molar-refractivity contribution in [2.24, 2.45) is 0 Å². The molecule has 0 radical (unpaired) electrons. The normalized spacial score (nSPS) is 13.1. The van der Waals surface area contributed by atoms with Crippen molar-refractivity contribution >= 4 is 11.6 Å². The van der Waals surface area contributed by atoms with Gasteiger partial charge in [-0.1, -0.05) is 41.9 Å². The molecular formula is C12H8ClFO. The third kappa shape index (κ3) is 1.81. The summed E-state index contributed by atoms with van der Waals surface area (Å²) in [4.78, 5) is 0. The smallest absolute Gasteiger partial charge is 0.142 e. The van der Waals surface area contributed by atoms with E-state index in [2.05, 4.69) is 0 Å². The van der Waals surface area contributed by atoms with Gasteiger partial charge in [0.05, 0.1) is 9.13 Å². The van der Waals surface area contributed by atoms with Gasteiger partial charge in [-0.25, -0.2) is 4.39 Å². The van der Waals surface area contributed by atoms with Crippen LogP contribution in [0.25, 0.3) is 11.1 Å². The van der Waals surface area contributed by atoms with Gasteiger partial charge < -0.3 is 5.11 Å². The minimum Gasteiger partial charge on any atom is -0.506 e. The average molecular weight is 226 g/mol. The Morgan fingerprint density at radius 3 is 2.67 bits per heavy atom. The lowest BCUT2D eigenvalue weighted by atomic mass is 10.0. The molecule has 1 N–H and O–H groups in total. The first-order valence-corrected chi connectivity index (χ1v) is 4.56. The van der Waals surface area contributed by atoms with Crippen LogP contribution >= 0.6 is 11.6 Å². The second kappa shape index (κ2) is 3.91. The molecule has 0 bridgehead atoms. The highest BCUT2D eigenvalue weighted by molar-refractivity contribution is 6.32. The lowest BCUT2D eigenvalue weighted by Gasteiger charge is -2.06. The van der Waals surface area contributed by atoms with Crippen LogP contribution in [-0.2, 0) is 0 Å². The third-order valence-corrected chi connectivity index (χ3v) is 2.22. The number of rotatable bonds is 1. The lowest BCUT2D eigenvalue weighted by Crippen LogP contribution is -1.84. The first-order chi connectivity index (χ1) is 8.45. The molecule has 0 fully saturated rings. The van der Waals surface area contributed by atoms with Crippen LogP contribution in [0.2, 0.25) is 5.02 Å². The van der Waals surface area contributed by atoms with Crippen molar-refractivity contribution in [1.29, 1.82) is 0 Å². The zero-order valence-corrected chi connectivity index (χ0v) is 8.27. The van der Waals surface area contributed by atoms with E-state index in [1.54, 1.807) is 6.07 Å². The maximum atomic E-state index is 13.7. The van der Waals surface area contributed by atoms with Crippen molar-refractivity contribution in [3.63, 3.8) is 0 Å². The van der Waals surface area contributed by atoms with Gasteiger partial charge in [0.2, 0.25) is 0 Å². The molecule has 0 spiro atoms. The zero-order chi connectivity index (χ0) is 13.4. The molecule has 2 aromatic carbocycles. The standard InChI is InChI=1S/C12H8ClFO/c13-10-6-3-5-9(12(10)15)8-4-1-2-7-11(8)14/h1-7,15H/i3D,5D,6D. The van der Waals surface area contributed by atoms with Crippen LogP contribution in [0, 0.1) is 5.82 Å². The number of phenols is 1. The zero-order valence-electron chi connectivity index (χ0n) is 10.5. The van der Waals surface area contributed by atoms with E-state index in [9.17, 15) is 9.50 Å². The minimum absolute atomic E-state index is 0.0181. The van der Waals surface area contributed by atoms with E-state index in [-0.39, 0.29) is 16.1 Å². The van der Waals surface area contributed by atoms with Gasteiger partial charge in [-0.2, -0.15) is 0 Å². The molecule has 0 saturated carbocycles. The van der Waals surface area contributed by atoms with Gasteiger partial charge in [-0.05, 0) is 12.1 Å². The SMILES string of the molecule is [2H]c1c([2H])c(Cl)c(O)c(-c2ccccc2F)c1[2H]. The van der Waals surface area contributed by atoms with Crippen LogP contribution < -0.4 is 0 Å². The van der Waals surface area contributed by atoms with Gasteiger partial charge in [0.1, 0.15) is 11.6 Å². The van der Waals surface area contributed by atoms with E-state index in [0.717, 1.165) is 0 Å². The summed E-state index contributed by atoms with van der Waals surface area (Å²) < 4.78 is 36.4. The van der Waals surface area contributed by atoms with E-state index in [1.807, 2.05) is 0 Å². The fourth-order valence-corrected chi connectivity index (χ4v) is 1.38. The summed E-state index contributed by atoms with van der Waals surface area (Å²) in [6.45, 7) is 0. The van der Waals surface area contributed by atoms with Crippen molar-refractivity contribution in [2.45, 2.75) is 0 Å². The summed E-state index contributed by atoms with van der Waals surface area (Å²) in [5, 5.41) is 9.49. The molecule has 0 aromatic heterocycles. The topological polar surface area (TPSA) is 20.2 Å². The van der Waals surface area contributed by atoms with Crippen molar-refractivity contribution in [3.05, 3.63) is 53.2 Å². The van der Waals surface area contributed by atoms with E-state index in [0.29, 0.717) is 0 Å². The van der Waals surface area contributed by atoms with Crippen molar-refractivity contribution in [3.8, 4) is 16.9 Å². The molecule has 15 heavy (non-hydrogen) atoms. The van der Waals surface area contributed by atoms with E-state index < -0.39 is 29.7 Å². The maximum absolute atomic E-state index is 13.7.